The number of aromatic amines is 1. The molecule has 228 valence electrons. The highest BCUT2D eigenvalue weighted by atomic mass is 35.5. The van der Waals surface area contributed by atoms with Crippen molar-refractivity contribution in [3.63, 3.8) is 0 Å². The van der Waals surface area contributed by atoms with Gasteiger partial charge in [0, 0.05) is 48.6 Å². The number of halogens is 1. The first-order chi connectivity index (χ1) is 19.8. The summed E-state index contributed by atoms with van der Waals surface area (Å²) < 4.78 is 6.95. The van der Waals surface area contributed by atoms with E-state index in [1.165, 1.54) is 6.07 Å². The number of hydrogen-bond donors (Lipinski definition) is 4. The van der Waals surface area contributed by atoms with Crippen LogP contribution in [0.4, 0.5) is 0 Å². The molecule has 1 saturated heterocycles. The van der Waals surface area contributed by atoms with Crippen LogP contribution < -0.4 is 16.2 Å². The quantitative estimate of drug-likeness (QED) is 0.207. The first-order valence-electron chi connectivity index (χ1n) is 14.8. The van der Waals surface area contributed by atoms with Gasteiger partial charge in [0.05, 0.1) is 11.6 Å². The van der Waals surface area contributed by atoms with E-state index in [0.717, 1.165) is 49.0 Å². The normalized spacial score (nSPS) is 16.0. The molecule has 42 heavy (non-hydrogen) atoms. The Morgan fingerprint density at radius 2 is 1.86 bits per heavy atom. The fraction of sp³-hybridized carbons (Fsp3) is 0.500. The number of H-pyrrole nitrogens is 1. The third-order valence-corrected chi connectivity index (χ3v) is 13.6. The average Bonchev–Trinajstić information content (AvgIpc) is 2.94. The molecule has 1 amide bonds. The number of fused-ring (bicyclic) bond motifs is 1. The molecule has 0 aliphatic carbocycles. The third kappa shape index (κ3) is 8.23. The molecular formula is C32H45ClN4O4Si. The molecule has 2 heterocycles. The fourth-order valence-electron chi connectivity index (χ4n) is 5.11. The van der Waals surface area contributed by atoms with Crippen molar-refractivity contribution in [1.29, 1.82) is 0 Å². The molecular weight excluding hydrogens is 568 g/mol. The Morgan fingerprint density at radius 3 is 2.55 bits per heavy atom. The molecule has 1 fully saturated rings. The summed E-state index contributed by atoms with van der Waals surface area (Å²) in [6.45, 7) is 14.8. The summed E-state index contributed by atoms with van der Waals surface area (Å²) in [6.07, 6.45) is 2.19. The van der Waals surface area contributed by atoms with E-state index in [-0.39, 0.29) is 28.4 Å². The zero-order valence-corrected chi connectivity index (χ0v) is 27.2. The number of aromatic hydroxyl groups is 1. The summed E-state index contributed by atoms with van der Waals surface area (Å²) in [5.41, 5.74) is 2.06. The van der Waals surface area contributed by atoms with Crippen molar-refractivity contribution in [2.45, 2.75) is 76.9 Å². The Balaban J connectivity index is 1.34. The predicted octanol–water partition coefficient (Wildman–Crippen LogP) is 5.71. The molecule has 0 spiro atoms. The second-order valence-corrected chi connectivity index (χ2v) is 18.0. The molecule has 4 rings (SSSR count). The van der Waals surface area contributed by atoms with Crippen LogP contribution in [0.15, 0.2) is 53.3 Å². The molecule has 8 nitrogen and oxygen atoms in total. The summed E-state index contributed by atoms with van der Waals surface area (Å²) in [5.74, 6) is 0.0821. The molecule has 3 aromatic rings. The topological polar surface area (TPSA) is 107 Å². The zero-order chi connectivity index (χ0) is 30.5. The third-order valence-electron chi connectivity index (χ3n) is 8.77. The van der Waals surface area contributed by atoms with Gasteiger partial charge in [-0.1, -0.05) is 56.6 Å². The van der Waals surface area contributed by atoms with Gasteiger partial charge >= 0.3 is 0 Å². The van der Waals surface area contributed by atoms with Gasteiger partial charge in [-0.3, -0.25) is 9.59 Å². The Hall–Kier alpha value is -2.69. The molecule has 1 aromatic heterocycles. The largest absolute Gasteiger partial charge is 0.506 e. The molecule has 2 aromatic carbocycles. The van der Waals surface area contributed by atoms with Gasteiger partial charge in [-0.2, -0.15) is 0 Å². The van der Waals surface area contributed by atoms with E-state index in [1.807, 2.05) is 30.3 Å². The predicted molar refractivity (Wildman–Crippen MR) is 173 cm³/mol. The van der Waals surface area contributed by atoms with Gasteiger partial charge in [0.25, 0.3) is 0 Å². The van der Waals surface area contributed by atoms with Crippen LogP contribution >= 0.6 is 11.6 Å². The number of phenolic OH excluding ortho intramolecular Hbond substituents is 1. The molecule has 0 saturated carbocycles. The summed E-state index contributed by atoms with van der Waals surface area (Å²) in [7, 11) is -2.14. The van der Waals surface area contributed by atoms with Crippen molar-refractivity contribution >= 4 is 36.7 Å². The molecule has 1 atom stereocenters. The summed E-state index contributed by atoms with van der Waals surface area (Å²) in [5, 5.41) is 18.7. The number of piperidine rings is 1. The highest BCUT2D eigenvalue weighted by molar-refractivity contribution is 6.74. The highest BCUT2D eigenvalue weighted by Gasteiger charge is 2.40. The molecule has 0 bridgehead atoms. The lowest BCUT2D eigenvalue weighted by Crippen LogP contribution is -2.47. The second-order valence-electron chi connectivity index (χ2n) is 12.8. The van der Waals surface area contributed by atoms with E-state index in [0.29, 0.717) is 36.1 Å². The number of hydrogen-bond acceptors (Lipinski definition) is 6. The maximum Gasteiger partial charge on any atom is 0.248 e. The Morgan fingerprint density at radius 1 is 1.14 bits per heavy atom. The maximum atomic E-state index is 12.4. The van der Waals surface area contributed by atoms with E-state index in [2.05, 4.69) is 54.4 Å². The van der Waals surface area contributed by atoms with Crippen molar-refractivity contribution in [3.8, 4) is 5.75 Å². The van der Waals surface area contributed by atoms with Gasteiger partial charge in [0.2, 0.25) is 11.5 Å². The molecule has 4 N–H and O–H groups in total. The van der Waals surface area contributed by atoms with E-state index in [4.69, 9.17) is 16.0 Å². The molecule has 1 aliphatic heterocycles. The number of rotatable bonds is 11. The first-order valence-corrected chi connectivity index (χ1v) is 18.1. The number of benzene rings is 2. The molecule has 10 heteroatoms. The number of likely N-dealkylation sites (tertiary alicyclic amines) is 1. The van der Waals surface area contributed by atoms with Crippen molar-refractivity contribution in [1.82, 2.24) is 20.5 Å². The van der Waals surface area contributed by atoms with Crippen LogP contribution in [0.1, 0.15) is 57.3 Å². The SMILES string of the molecule is CC(C)(C)[Si](C)(C)O[C@H](CNC1CCN(CCC(=O)NCc2ccccc2Cl)CC1)c1ccc(O)c2[nH]c(=O)ccc12. The van der Waals surface area contributed by atoms with Crippen molar-refractivity contribution in [2.24, 2.45) is 0 Å². The van der Waals surface area contributed by atoms with Gasteiger partial charge in [-0.25, -0.2) is 0 Å². The van der Waals surface area contributed by atoms with Gasteiger partial charge in [-0.05, 0) is 73.4 Å². The first kappa shape index (κ1) is 32.2. The van der Waals surface area contributed by atoms with Crippen LogP contribution in [0.25, 0.3) is 10.9 Å². The van der Waals surface area contributed by atoms with Gasteiger partial charge < -0.3 is 30.0 Å². The zero-order valence-electron chi connectivity index (χ0n) is 25.4. The van der Waals surface area contributed by atoms with Crippen LogP contribution in [0, 0.1) is 0 Å². The Kier molecular flexibility index (Phi) is 10.5. The van der Waals surface area contributed by atoms with E-state index >= 15 is 0 Å². The van der Waals surface area contributed by atoms with Crippen molar-refractivity contribution < 1.29 is 14.3 Å². The minimum Gasteiger partial charge on any atom is -0.506 e. The van der Waals surface area contributed by atoms with Crippen LogP contribution in [0.3, 0.4) is 0 Å². The maximum absolute atomic E-state index is 12.4. The number of carbonyl (C=O) groups is 1. The lowest BCUT2D eigenvalue weighted by atomic mass is 10.0. The van der Waals surface area contributed by atoms with Gasteiger partial charge in [0.1, 0.15) is 5.75 Å². The number of phenols is 1. The van der Waals surface area contributed by atoms with Crippen LogP contribution in [-0.2, 0) is 15.8 Å². The minimum absolute atomic E-state index is 0.0251. The standard InChI is InChI=1S/C32H45ClN4O4Si/c1-32(2,3)42(4,5)41-28(24-10-12-27(38)31-25(24)11-13-30(40)36-31)21-34-23-14-17-37(18-15-23)19-16-29(39)35-20-22-8-6-7-9-26(22)33/h6-13,23,28,34,38H,14-21H2,1-5H3,(H,35,39)(H,36,40)/t28-/m1/s1. The number of nitrogens with one attached hydrogen (secondary N) is 3. The van der Waals surface area contributed by atoms with Crippen LogP contribution in [0.5, 0.6) is 5.75 Å². The number of carbonyl (C=O) groups excluding carboxylic acids is 1. The number of amides is 1. The van der Waals surface area contributed by atoms with E-state index in [1.54, 1.807) is 12.1 Å². The number of aromatic nitrogens is 1. The van der Waals surface area contributed by atoms with Gasteiger partial charge in [0.15, 0.2) is 8.32 Å². The average molecular weight is 613 g/mol. The summed E-state index contributed by atoms with van der Waals surface area (Å²) in [4.78, 5) is 29.5. The second kappa shape index (κ2) is 13.7. The smallest absolute Gasteiger partial charge is 0.248 e. The Labute approximate surface area is 254 Å². The fourth-order valence-corrected chi connectivity index (χ4v) is 6.58. The van der Waals surface area contributed by atoms with E-state index in [9.17, 15) is 14.7 Å². The molecule has 0 radical (unpaired) electrons. The lowest BCUT2D eigenvalue weighted by Gasteiger charge is -2.40. The van der Waals surface area contributed by atoms with Crippen LogP contribution in [0.2, 0.25) is 23.2 Å². The monoisotopic (exact) mass is 612 g/mol. The molecule has 1 aliphatic rings. The van der Waals surface area contributed by atoms with Crippen molar-refractivity contribution in [3.05, 3.63) is 75.0 Å². The Bertz CT molecular complexity index is 1430. The summed E-state index contributed by atoms with van der Waals surface area (Å²) in [6, 6.07) is 14.7. The van der Waals surface area contributed by atoms with Crippen molar-refractivity contribution in [2.75, 3.05) is 26.2 Å². The summed E-state index contributed by atoms with van der Waals surface area (Å²) >= 11 is 6.19. The van der Waals surface area contributed by atoms with Gasteiger partial charge in [-0.15, -0.1) is 0 Å². The number of nitrogens with zero attached hydrogens (tertiary/aromatic N) is 1. The highest BCUT2D eigenvalue weighted by Crippen LogP contribution is 2.41. The van der Waals surface area contributed by atoms with E-state index < -0.39 is 8.32 Å². The lowest BCUT2D eigenvalue weighted by molar-refractivity contribution is -0.121. The van der Waals surface area contributed by atoms with Crippen LogP contribution in [-0.4, -0.2) is 61.4 Å². The molecule has 0 unspecified atom stereocenters. The number of pyridine rings is 1. The minimum atomic E-state index is -2.14.